The number of Topliss-reactive ketones (excluding diaryl/α,β-unsaturated/α-hetero) is 1. The second-order valence-corrected chi connectivity index (χ2v) is 8.14. The van der Waals surface area contributed by atoms with Gasteiger partial charge >= 0.3 is 0 Å². The molecule has 2 aromatic rings. The number of ketones is 1. The molecule has 3 aliphatic heterocycles. The first-order chi connectivity index (χ1) is 13.5. The number of ether oxygens (including phenoxy) is 2. The average Bonchev–Trinajstić information content (AvgIpc) is 2.98. The van der Waals surface area contributed by atoms with Gasteiger partial charge < -0.3 is 14.0 Å². The number of nitrogens with zero attached hydrogens (tertiary/aromatic N) is 2. The highest BCUT2D eigenvalue weighted by atomic mass is 16.5. The fraction of sp³-hybridized carbons (Fsp3) is 0.455. The SMILES string of the molecule is COc1ccc2c3c(n(C)c2c1)[C@H]1C[C@H]2C(C=O)=C(C)OC[C@H]2[C@H](C3=O)N1C. The summed E-state index contributed by atoms with van der Waals surface area (Å²) in [5.74, 6) is 1.67. The Morgan fingerprint density at radius 3 is 2.79 bits per heavy atom. The van der Waals surface area contributed by atoms with Gasteiger partial charge in [-0.3, -0.25) is 14.5 Å². The maximum atomic E-state index is 13.7. The Morgan fingerprint density at radius 1 is 1.29 bits per heavy atom. The van der Waals surface area contributed by atoms with Crippen LogP contribution in [0.25, 0.3) is 10.9 Å². The molecular weight excluding hydrogens is 356 g/mol. The van der Waals surface area contributed by atoms with Crippen LogP contribution < -0.4 is 4.74 Å². The number of hydrogen-bond donors (Lipinski definition) is 0. The van der Waals surface area contributed by atoms with Crippen LogP contribution in [0.15, 0.2) is 29.5 Å². The number of benzene rings is 1. The van der Waals surface area contributed by atoms with Crippen molar-refractivity contribution >= 4 is 23.0 Å². The van der Waals surface area contributed by atoms with Gasteiger partial charge in [0.1, 0.15) is 12.0 Å². The van der Waals surface area contributed by atoms with E-state index in [1.54, 1.807) is 7.11 Å². The number of methoxy groups -OCH3 is 1. The number of carbonyl (C=O) groups is 2. The van der Waals surface area contributed by atoms with Gasteiger partial charge in [0.05, 0.1) is 37.1 Å². The molecule has 6 heteroatoms. The maximum absolute atomic E-state index is 13.7. The molecule has 1 fully saturated rings. The third-order valence-corrected chi connectivity index (χ3v) is 7.04. The van der Waals surface area contributed by atoms with Gasteiger partial charge in [-0.2, -0.15) is 0 Å². The summed E-state index contributed by atoms with van der Waals surface area (Å²) in [5.41, 5.74) is 3.58. The van der Waals surface area contributed by atoms with E-state index in [0.717, 1.165) is 46.2 Å². The van der Waals surface area contributed by atoms with E-state index in [2.05, 4.69) is 9.47 Å². The molecule has 0 spiro atoms. The van der Waals surface area contributed by atoms with Gasteiger partial charge in [-0.15, -0.1) is 0 Å². The summed E-state index contributed by atoms with van der Waals surface area (Å²) in [5, 5.41) is 0.976. The zero-order valence-electron chi connectivity index (χ0n) is 16.6. The van der Waals surface area contributed by atoms with Gasteiger partial charge in [-0.25, -0.2) is 0 Å². The molecule has 0 unspecified atom stereocenters. The summed E-state index contributed by atoms with van der Waals surface area (Å²) < 4.78 is 13.3. The van der Waals surface area contributed by atoms with E-state index in [0.29, 0.717) is 12.4 Å². The lowest BCUT2D eigenvalue weighted by molar-refractivity contribution is -0.107. The molecule has 6 nitrogen and oxygen atoms in total. The smallest absolute Gasteiger partial charge is 0.182 e. The summed E-state index contributed by atoms with van der Waals surface area (Å²) in [6, 6.07) is 5.70. The molecular formula is C22H24N2O4. The third-order valence-electron chi connectivity index (χ3n) is 7.04. The van der Waals surface area contributed by atoms with Crippen LogP contribution in [-0.4, -0.2) is 48.3 Å². The van der Waals surface area contributed by atoms with E-state index in [1.165, 1.54) is 0 Å². The monoisotopic (exact) mass is 380 g/mol. The Hall–Kier alpha value is -2.60. The molecule has 1 saturated heterocycles. The van der Waals surface area contributed by atoms with Crippen molar-refractivity contribution in [3.8, 4) is 5.75 Å². The minimum absolute atomic E-state index is 0.000644. The number of rotatable bonds is 2. The average molecular weight is 380 g/mol. The molecule has 0 radical (unpaired) electrons. The van der Waals surface area contributed by atoms with Crippen LogP contribution in [0.2, 0.25) is 0 Å². The number of piperidine rings is 1. The minimum atomic E-state index is -0.271. The molecule has 1 aromatic carbocycles. The first-order valence-electron chi connectivity index (χ1n) is 9.69. The first-order valence-corrected chi connectivity index (χ1v) is 9.69. The Labute approximate surface area is 163 Å². The number of aryl methyl sites for hydroxylation is 1. The summed E-state index contributed by atoms with van der Waals surface area (Å²) >= 11 is 0. The zero-order valence-corrected chi connectivity index (χ0v) is 16.6. The maximum Gasteiger partial charge on any atom is 0.182 e. The second-order valence-electron chi connectivity index (χ2n) is 8.14. The van der Waals surface area contributed by atoms with Crippen LogP contribution in [0.5, 0.6) is 5.75 Å². The largest absolute Gasteiger partial charge is 0.497 e. The highest BCUT2D eigenvalue weighted by molar-refractivity contribution is 6.13. The van der Waals surface area contributed by atoms with E-state index < -0.39 is 0 Å². The highest BCUT2D eigenvalue weighted by Crippen LogP contribution is 2.51. The Balaban J connectivity index is 1.74. The number of aromatic nitrogens is 1. The van der Waals surface area contributed by atoms with Gasteiger partial charge in [0.15, 0.2) is 5.78 Å². The summed E-state index contributed by atoms with van der Waals surface area (Å²) in [4.78, 5) is 27.7. The molecule has 0 aliphatic carbocycles. The van der Waals surface area contributed by atoms with Gasteiger partial charge in [-0.05, 0) is 32.5 Å². The number of hydrogen-bond acceptors (Lipinski definition) is 5. The van der Waals surface area contributed by atoms with Crippen LogP contribution in [-0.2, 0) is 16.6 Å². The normalized spacial score (nSPS) is 29.4. The van der Waals surface area contributed by atoms with Crippen LogP contribution in [0.3, 0.4) is 0 Å². The van der Waals surface area contributed by atoms with Crippen LogP contribution >= 0.6 is 0 Å². The van der Waals surface area contributed by atoms with Crippen molar-refractivity contribution < 1.29 is 19.1 Å². The fourth-order valence-electron chi connectivity index (χ4n) is 5.64. The lowest BCUT2D eigenvalue weighted by atomic mass is 9.67. The molecule has 146 valence electrons. The second kappa shape index (κ2) is 5.95. The number of allylic oxidation sites excluding steroid dienone is 2. The Morgan fingerprint density at radius 2 is 2.07 bits per heavy atom. The molecule has 0 N–H and O–H groups in total. The predicted molar refractivity (Wildman–Crippen MR) is 104 cm³/mol. The molecule has 4 atom stereocenters. The van der Waals surface area contributed by atoms with Crippen molar-refractivity contribution in [1.82, 2.24) is 9.47 Å². The van der Waals surface area contributed by atoms with Crippen molar-refractivity contribution in [3.05, 3.63) is 40.8 Å². The Kier molecular flexibility index (Phi) is 3.72. The minimum Gasteiger partial charge on any atom is -0.497 e. The summed E-state index contributed by atoms with van der Waals surface area (Å²) in [6.07, 6.45) is 1.74. The number of likely N-dealkylation sites (N-methyl/N-ethyl adjacent to an activating group) is 1. The topological polar surface area (TPSA) is 60.8 Å². The molecule has 3 aliphatic rings. The summed E-state index contributed by atoms with van der Waals surface area (Å²) in [6.45, 7) is 2.33. The quantitative estimate of drug-likeness (QED) is 0.750. The summed E-state index contributed by atoms with van der Waals surface area (Å²) in [7, 11) is 5.69. The van der Waals surface area contributed by atoms with E-state index in [-0.39, 0.29) is 29.7 Å². The molecule has 5 rings (SSSR count). The fourth-order valence-corrected chi connectivity index (χ4v) is 5.64. The van der Waals surface area contributed by atoms with Crippen LogP contribution in [0.1, 0.15) is 35.4 Å². The molecule has 0 amide bonds. The van der Waals surface area contributed by atoms with Crippen molar-refractivity contribution in [2.45, 2.75) is 25.4 Å². The van der Waals surface area contributed by atoms with Crippen molar-refractivity contribution in [2.24, 2.45) is 18.9 Å². The van der Waals surface area contributed by atoms with E-state index >= 15 is 0 Å². The van der Waals surface area contributed by atoms with Crippen LogP contribution in [0, 0.1) is 11.8 Å². The number of carbonyl (C=O) groups excluding carboxylic acids is 2. The van der Waals surface area contributed by atoms with Gasteiger partial charge in [0.2, 0.25) is 0 Å². The predicted octanol–water partition coefficient (Wildman–Crippen LogP) is 2.86. The molecule has 28 heavy (non-hydrogen) atoms. The van der Waals surface area contributed by atoms with Crippen molar-refractivity contribution in [1.29, 1.82) is 0 Å². The van der Waals surface area contributed by atoms with Gasteiger partial charge in [0.25, 0.3) is 0 Å². The number of fused-ring (bicyclic) bond motifs is 8. The number of aldehydes is 1. The highest BCUT2D eigenvalue weighted by Gasteiger charge is 2.53. The van der Waals surface area contributed by atoms with Crippen LogP contribution in [0.4, 0.5) is 0 Å². The Bertz CT molecular complexity index is 1050. The molecule has 0 saturated carbocycles. The first kappa shape index (κ1) is 17.5. The standard InChI is InChI=1S/C22H24N2O4/c1-11-15(9-25)14-8-18-21-19(22(26)20(24(18)3)16(14)10-28-11)13-6-5-12(27-4)7-17(13)23(21)2/h5-7,9,14,16,18,20H,8,10H2,1-4H3/t14-,16+,18+,20+/m0/s1. The zero-order chi connectivity index (χ0) is 19.7. The van der Waals surface area contributed by atoms with Gasteiger partial charge in [-0.1, -0.05) is 0 Å². The van der Waals surface area contributed by atoms with E-state index in [1.807, 2.05) is 39.2 Å². The lowest BCUT2D eigenvalue weighted by Crippen LogP contribution is -2.58. The molecule has 1 aromatic heterocycles. The lowest BCUT2D eigenvalue weighted by Gasteiger charge is -2.52. The van der Waals surface area contributed by atoms with E-state index in [9.17, 15) is 9.59 Å². The van der Waals surface area contributed by atoms with E-state index in [4.69, 9.17) is 9.47 Å². The van der Waals surface area contributed by atoms with Crippen molar-refractivity contribution in [2.75, 3.05) is 20.8 Å². The molecule has 4 heterocycles. The van der Waals surface area contributed by atoms with Crippen molar-refractivity contribution in [3.63, 3.8) is 0 Å². The third kappa shape index (κ3) is 2.07. The van der Waals surface area contributed by atoms with Gasteiger partial charge in [0, 0.05) is 47.2 Å². The molecule has 2 bridgehead atoms.